The molecule has 5 rings (SSSR count). The van der Waals surface area contributed by atoms with Gasteiger partial charge in [-0.1, -0.05) is 18.2 Å². The van der Waals surface area contributed by atoms with Crippen LogP contribution in [0.5, 0.6) is 0 Å². The van der Waals surface area contributed by atoms with E-state index >= 15 is 0 Å². The molecule has 4 bridgehead atoms. The molecule has 2 unspecified atom stereocenters. The van der Waals surface area contributed by atoms with E-state index in [-0.39, 0.29) is 4.90 Å². The number of benzene rings is 1. The molecule has 4 saturated carbocycles. The molecule has 1 aromatic carbocycles. The van der Waals surface area contributed by atoms with E-state index in [1.807, 2.05) is 0 Å². The van der Waals surface area contributed by atoms with Crippen LogP contribution >= 0.6 is 0 Å². The number of hydrogen-bond acceptors (Lipinski definition) is 4. The van der Waals surface area contributed by atoms with E-state index in [0.29, 0.717) is 18.3 Å². The quantitative estimate of drug-likeness (QED) is 0.774. The number of amides is 2. The van der Waals surface area contributed by atoms with Gasteiger partial charge in [0.1, 0.15) is 0 Å². The molecule has 24 heavy (non-hydrogen) atoms. The molecule has 7 heteroatoms. The Morgan fingerprint density at radius 2 is 1.71 bits per heavy atom. The lowest BCUT2D eigenvalue weighted by Crippen LogP contribution is -2.66. The van der Waals surface area contributed by atoms with Crippen LogP contribution in [0.25, 0.3) is 0 Å². The third kappa shape index (κ3) is 2.80. The minimum absolute atomic E-state index is 0.0595. The largest absolute Gasteiger partial charge is 0.390 e. The minimum Gasteiger partial charge on any atom is -0.390 e. The van der Waals surface area contributed by atoms with Gasteiger partial charge in [-0.3, -0.25) is 0 Å². The number of hydrogen-bond donors (Lipinski definition) is 3. The Kier molecular flexibility index (Phi) is 3.44. The van der Waals surface area contributed by atoms with E-state index < -0.39 is 27.2 Å². The highest BCUT2D eigenvalue weighted by molar-refractivity contribution is 7.90. The fourth-order valence-corrected chi connectivity index (χ4v) is 6.34. The molecule has 0 aliphatic heterocycles. The van der Waals surface area contributed by atoms with Crippen LogP contribution in [0.3, 0.4) is 0 Å². The van der Waals surface area contributed by atoms with Crippen LogP contribution in [0.15, 0.2) is 35.2 Å². The Hall–Kier alpha value is -1.60. The normalized spacial score (nSPS) is 37.2. The lowest BCUT2D eigenvalue weighted by atomic mass is 9.51. The smallest absolute Gasteiger partial charge is 0.329 e. The molecule has 130 valence electrons. The second kappa shape index (κ2) is 5.20. The number of urea groups is 1. The van der Waals surface area contributed by atoms with Crippen LogP contribution in [0, 0.1) is 11.8 Å². The van der Waals surface area contributed by atoms with Crippen molar-refractivity contribution in [3.8, 4) is 0 Å². The zero-order valence-electron chi connectivity index (χ0n) is 13.4. The maximum absolute atomic E-state index is 12.3. The van der Waals surface area contributed by atoms with Crippen LogP contribution < -0.4 is 10.0 Å². The Morgan fingerprint density at radius 1 is 1.08 bits per heavy atom. The third-order valence-electron chi connectivity index (χ3n) is 5.69. The van der Waals surface area contributed by atoms with Gasteiger partial charge in [0, 0.05) is 5.54 Å². The minimum atomic E-state index is -3.88. The fraction of sp³-hybridized carbons (Fsp3) is 0.588. The maximum Gasteiger partial charge on any atom is 0.329 e. The fourth-order valence-electron chi connectivity index (χ4n) is 5.41. The van der Waals surface area contributed by atoms with Crippen molar-refractivity contribution in [1.82, 2.24) is 10.0 Å². The first-order chi connectivity index (χ1) is 11.3. The summed E-state index contributed by atoms with van der Waals surface area (Å²) in [6.45, 7) is 0. The van der Waals surface area contributed by atoms with Gasteiger partial charge < -0.3 is 10.4 Å². The predicted octanol–water partition coefficient (Wildman–Crippen LogP) is 1.76. The van der Waals surface area contributed by atoms with Crippen LogP contribution in [-0.4, -0.2) is 30.7 Å². The van der Waals surface area contributed by atoms with E-state index in [0.717, 1.165) is 32.1 Å². The molecule has 0 spiro atoms. The number of sulfonamides is 1. The number of rotatable bonds is 3. The molecule has 2 amide bonds. The summed E-state index contributed by atoms with van der Waals surface area (Å²) >= 11 is 0. The lowest BCUT2D eigenvalue weighted by Gasteiger charge is -2.60. The summed E-state index contributed by atoms with van der Waals surface area (Å²) in [4.78, 5) is 12.4. The van der Waals surface area contributed by atoms with E-state index in [9.17, 15) is 18.3 Å². The highest BCUT2D eigenvalue weighted by Crippen LogP contribution is 2.57. The molecule has 0 radical (unpaired) electrons. The lowest BCUT2D eigenvalue weighted by molar-refractivity contribution is -0.139. The van der Waals surface area contributed by atoms with Gasteiger partial charge in [0.05, 0.1) is 10.5 Å². The highest BCUT2D eigenvalue weighted by Gasteiger charge is 2.57. The number of carbonyl (C=O) groups excluding carboxylic acids is 1. The van der Waals surface area contributed by atoms with Crippen molar-refractivity contribution < 1.29 is 18.3 Å². The third-order valence-corrected chi connectivity index (χ3v) is 7.04. The molecular weight excluding hydrogens is 328 g/mol. The van der Waals surface area contributed by atoms with Gasteiger partial charge in [-0.25, -0.2) is 17.9 Å². The molecular formula is C17H22N2O4S. The maximum atomic E-state index is 12.3. The first-order valence-corrected chi connectivity index (χ1v) is 9.88. The Bertz CT molecular complexity index is 748. The second-order valence-corrected chi connectivity index (χ2v) is 9.52. The Morgan fingerprint density at radius 3 is 2.29 bits per heavy atom. The van der Waals surface area contributed by atoms with Crippen LogP contribution in [0.4, 0.5) is 4.79 Å². The zero-order chi connectivity index (χ0) is 17.0. The van der Waals surface area contributed by atoms with Crippen LogP contribution in [-0.2, 0) is 10.0 Å². The highest BCUT2D eigenvalue weighted by atomic mass is 32.2. The molecule has 0 aromatic heterocycles. The zero-order valence-corrected chi connectivity index (χ0v) is 14.2. The van der Waals surface area contributed by atoms with E-state index in [1.165, 1.54) is 12.1 Å². The molecule has 2 atom stereocenters. The Labute approximate surface area is 141 Å². The molecule has 6 nitrogen and oxygen atoms in total. The van der Waals surface area contributed by atoms with Gasteiger partial charge in [-0.2, -0.15) is 0 Å². The van der Waals surface area contributed by atoms with Gasteiger partial charge in [-0.15, -0.1) is 0 Å². The SMILES string of the molecule is O=C(NC12CC3CC(CC(O)(C3)C1)C2)NS(=O)(=O)c1ccccc1. The number of carbonyl (C=O) groups is 1. The van der Waals surface area contributed by atoms with Crippen molar-refractivity contribution in [2.45, 2.75) is 54.6 Å². The summed E-state index contributed by atoms with van der Waals surface area (Å²) in [5.74, 6) is 0.838. The summed E-state index contributed by atoms with van der Waals surface area (Å²) in [6, 6.07) is 7.13. The van der Waals surface area contributed by atoms with Gasteiger partial charge in [-0.05, 0) is 62.5 Å². The van der Waals surface area contributed by atoms with Crippen LogP contribution in [0.1, 0.15) is 38.5 Å². The van der Waals surface area contributed by atoms with Crippen molar-refractivity contribution in [1.29, 1.82) is 0 Å². The number of aliphatic hydroxyl groups is 1. The van der Waals surface area contributed by atoms with Crippen molar-refractivity contribution in [3.63, 3.8) is 0 Å². The van der Waals surface area contributed by atoms with Crippen molar-refractivity contribution >= 4 is 16.1 Å². The average Bonchev–Trinajstić information content (AvgIpc) is 2.44. The second-order valence-electron chi connectivity index (χ2n) is 7.84. The van der Waals surface area contributed by atoms with Gasteiger partial charge in [0.2, 0.25) is 0 Å². The first-order valence-electron chi connectivity index (χ1n) is 8.40. The van der Waals surface area contributed by atoms with Gasteiger partial charge in [0.25, 0.3) is 10.0 Å². The Balaban J connectivity index is 1.49. The standard InChI is InChI=1S/C17H22N2O4S/c20-15(19-24(22,23)14-4-2-1-3-5-14)18-16-7-12-6-13(8-16)10-17(21,9-12)11-16/h1-5,12-13,21H,6-11H2,(H2,18,19,20). The molecule has 0 saturated heterocycles. The summed E-state index contributed by atoms with van der Waals surface area (Å²) in [5.41, 5.74) is -1.18. The van der Waals surface area contributed by atoms with E-state index in [4.69, 9.17) is 0 Å². The molecule has 4 aliphatic rings. The van der Waals surface area contributed by atoms with Crippen molar-refractivity contribution in [2.75, 3.05) is 0 Å². The summed E-state index contributed by atoms with van der Waals surface area (Å²) < 4.78 is 26.6. The van der Waals surface area contributed by atoms with Crippen LogP contribution in [0.2, 0.25) is 0 Å². The molecule has 3 N–H and O–H groups in total. The molecule has 4 fully saturated rings. The summed E-state index contributed by atoms with van der Waals surface area (Å²) in [5, 5.41) is 13.6. The monoisotopic (exact) mass is 350 g/mol. The van der Waals surface area contributed by atoms with E-state index in [2.05, 4.69) is 10.0 Å². The van der Waals surface area contributed by atoms with E-state index in [1.54, 1.807) is 18.2 Å². The topological polar surface area (TPSA) is 95.5 Å². The van der Waals surface area contributed by atoms with Crippen molar-refractivity contribution in [2.24, 2.45) is 11.8 Å². The summed E-state index contributed by atoms with van der Waals surface area (Å²) in [6.07, 6.45) is 4.88. The molecule has 1 aromatic rings. The molecule has 0 heterocycles. The van der Waals surface area contributed by atoms with Gasteiger partial charge >= 0.3 is 6.03 Å². The van der Waals surface area contributed by atoms with Gasteiger partial charge in [0.15, 0.2) is 0 Å². The average molecular weight is 350 g/mol. The first kappa shape index (κ1) is 15.9. The predicted molar refractivity (Wildman–Crippen MR) is 87.7 cm³/mol. The number of nitrogens with one attached hydrogen (secondary N) is 2. The molecule has 4 aliphatic carbocycles. The van der Waals surface area contributed by atoms with Crippen molar-refractivity contribution in [3.05, 3.63) is 30.3 Å². The summed E-state index contributed by atoms with van der Waals surface area (Å²) in [7, 11) is -3.88.